The number of dihydropyridines is 3. The Labute approximate surface area is 207 Å². The van der Waals surface area contributed by atoms with Gasteiger partial charge < -0.3 is 16.0 Å². The molecule has 3 N–H and O–H groups in total. The molecular formula is C27H23N5O4. The highest BCUT2D eigenvalue weighted by Crippen LogP contribution is 2.32. The van der Waals surface area contributed by atoms with Gasteiger partial charge in [-0.25, -0.2) is 0 Å². The number of nitrogens with zero attached hydrogens (tertiary/aromatic N) is 2. The van der Waals surface area contributed by atoms with Crippen molar-refractivity contribution in [3.8, 4) is 11.1 Å². The van der Waals surface area contributed by atoms with Crippen LogP contribution in [0.15, 0.2) is 109 Å². The topological polar surface area (TPSA) is 122 Å². The summed E-state index contributed by atoms with van der Waals surface area (Å²) in [4.78, 5) is 21.3. The Bertz CT molecular complexity index is 1370. The maximum absolute atomic E-state index is 11.3. The molecule has 0 saturated carbocycles. The third kappa shape index (κ3) is 4.80. The average Bonchev–Trinajstić information content (AvgIpc) is 2.93. The third-order valence-corrected chi connectivity index (χ3v) is 6.15. The molecule has 2 aromatic carbocycles. The number of rotatable bonds is 6. The van der Waals surface area contributed by atoms with Crippen molar-refractivity contribution in [2.24, 2.45) is 0 Å². The molecule has 0 saturated heterocycles. The minimum Gasteiger partial charge on any atom is -0.383 e. The number of nitro groups is 2. The van der Waals surface area contributed by atoms with Gasteiger partial charge in [-0.3, -0.25) is 20.2 Å². The molecule has 5 rings (SSSR count). The van der Waals surface area contributed by atoms with Crippen LogP contribution in [0, 0.1) is 20.2 Å². The van der Waals surface area contributed by atoms with Crippen molar-refractivity contribution in [2.75, 3.05) is 6.54 Å². The van der Waals surface area contributed by atoms with Gasteiger partial charge in [-0.1, -0.05) is 48.6 Å². The molecular weight excluding hydrogens is 458 g/mol. The second-order valence-corrected chi connectivity index (χ2v) is 8.49. The van der Waals surface area contributed by atoms with Crippen molar-refractivity contribution in [2.45, 2.75) is 12.1 Å². The van der Waals surface area contributed by atoms with Crippen LogP contribution in [0.2, 0.25) is 0 Å². The van der Waals surface area contributed by atoms with E-state index in [4.69, 9.17) is 0 Å². The quantitative estimate of drug-likeness (QED) is 0.410. The fourth-order valence-electron chi connectivity index (χ4n) is 4.34. The van der Waals surface area contributed by atoms with Crippen molar-refractivity contribution in [1.82, 2.24) is 16.0 Å². The lowest BCUT2D eigenvalue weighted by atomic mass is 9.93. The van der Waals surface area contributed by atoms with Gasteiger partial charge in [0.25, 0.3) is 11.4 Å². The van der Waals surface area contributed by atoms with Crippen molar-refractivity contribution >= 4 is 16.9 Å². The number of nitrogens with one attached hydrogen (secondary N) is 3. The number of hydrogen-bond donors (Lipinski definition) is 3. The van der Waals surface area contributed by atoms with Crippen LogP contribution in [0.3, 0.4) is 0 Å². The maximum Gasteiger partial charge on any atom is 0.276 e. The zero-order chi connectivity index (χ0) is 25.1. The maximum atomic E-state index is 11.3. The van der Waals surface area contributed by atoms with Crippen LogP contribution >= 0.6 is 0 Å². The smallest absolute Gasteiger partial charge is 0.276 e. The first kappa shape index (κ1) is 22.9. The van der Waals surface area contributed by atoms with E-state index in [9.17, 15) is 20.2 Å². The summed E-state index contributed by atoms with van der Waals surface area (Å²) in [6.45, 7) is 0.764. The lowest BCUT2D eigenvalue weighted by Gasteiger charge is -2.31. The summed E-state index contributed by atoms with van der Waals surface area (Å²) in [5.41, 5.74) is 4.52. The molecule has 3 aliphatic rings. The molecule has 2 unspecified atom stereocenters. The number of non-ortho nitro benzene ring substituents is 2. The van der Waals surface area contributed by atoms with Crippen molar-refractivity contribution in [3.05, 3.63) is 134 Å². The molecule has 9 nitrogen and oxygen atoms in total. The molecule has 3 heterocycles. The van der Waals surface area contributed by atoms with Gasteiger partial charge in [0.15, 0.2) is 0 Å². The summed E-state index contributed by atoms with van der Waals surface area (Å²) in [7, 11) is 0. The van der Waals surface area contributed by atoms with Gasteiger partial charge in [-0.05, 0) is 52.8 Å². The molecule has 2 aromatic rings. The zero-order valence-corrected chi connectivity index (χ0v) is 19.1. The van der Waals surface area contributed by atoms with E-state index >= 15 is 0 Å². The fraction of sp³-hybridized carbons (Fsp3) is 0.111. The van der Waals surface area contributed by atoms with E-state index < -0.39 is 9.85 Å². The molecule has 0 aliphatic carbocycles. The van der Waals surface area contributed by atoms with E-state index in [1.165, 1.54) is 12.1 Å². The Morgan fingerprint density at radius 1 is 0.806 bits per heavy atom. The van der Waals surface area contributed by atoms with Crippen LogP contribution in [-0.4, -0.2) is 28.5 Å². The highest BCUT2D eigenvalue weighted by Gasteiger charge is 2.23. The second kappa shape index (κ2) is 9.75. The number of nitro benzene ring substituents is 2. The Hall–Kier alpha value is -4.92. The molecule has 0 fully saturated rings. The van der Waals surface area contributed by atoms with Gasteiger partial charge in [-0.2, -0.15) is 0 Å². The van der Waals surface area contributed by atoms with E-state index in [0.717, 1.165) is 35.1 Å². The summed E-state index contributed by atoms with van der Waals surface area (Å²) in [6, 6.07) is 11.1. The minimum absolute atomic E-state index is 0.00521. The van der Waals surface area contributed by atoms with Gasteiger partial charge >= 0.3 is 0 Å². The zero-order valence-electron chi connectivity index (χ0n) is 19.1. The third-order valence-electron chi connectivity index (χ3n) is 6.15. The Morgan fingerprint density at radius 2 is 1.53 bits per heavy atom. The molecule has 0 amide bonds. The lowest BCUT2D eigenvalue weighted by Crippen LogP contribution is -2.43. The normalized spacial score (nSPS) is 20.3. The summed E-state index contributed by atoms with van der Waals surface area (Å²) in [6.07, 6.45) is 18.3. The molecule has 0 bridgehead atoms. The van der Waals surface area contributed by atoms with Crippen LogP contribution in [0.5, 0.6) is 0 Å². The summed E-state index contributed by atoms with van der Waals surface area (Å²) >= 11 is 0. The van der Waals surface area contributed by atoms with Crippen LogP contribution in [0.25, 0.3) is 16.7 Å². The number of hydrogen-bond acceptors (Lipinski definition) is 7. The number of benzene rings is 2. The first-order valence-electron chi connectivity index (χ1n) is 11.4. The first-order chi connectivity index (χ1) is 17.5. The standard InChI is InChI=1S/C27H23N5O4/c33-31(34)22-13-20(14-23(17-22)32(35)36)18-7-9-19(10-8-18)21-15-26(24-5-1-3-11-28-24)30-27(16-21)25-6-2-4-12-29-25/h1-11,13-17,24,27-30H,12H2. The number of allylic oxidation sites excluding steroid dienone is 6. The van der Waals surface area contributed by atoms with E-state index in [2.05, 4.69) is 46.3 Å². The molecule has 36 heavy (non-hydrogen) atoms. The first-order valence-corrected chi connectivity index (χ1v) is 11.4. The fourth-order valence-corrected chi connectivity index (χ4v) is 4.34. The predicted octanol–water partition coefficient (Wildman–Crippen LogP) is 4.49. The Morgan fingerprint density at radius 3 is 2.14 bits per heavy atom. The average molecular weight is 482 g/mol. The molecule has 0 aromatic heterocycles. The van der Waals surface area contributed by atoms with Crippen molar-refractivity contribution in [3.63, 3.8) is 0 Å². The molecule has 0 spiro atoms. The van der Waals surface area contributed by atoms with Crippen molar-refractivity contribution < 1.29 is 9.85 Å². The van der Waals surface area contributed by atoms with Crippen molar-refractivity contribution in [1.29, 1.82) is 0 Å². The largest absolute Gasteiger partial charge is 0.383 e. The predicted molar refractivity (Wildman–Crippen MR) is 139 cm³/mol. The molecule has 9 heteroatoms. The molecule has 0 radical (unpaired) electrons. The SMILES string of the molecule is O=[N+]([O-])c1cc(-c2ccc(C3=CC(C4=CC=CCN4)NC(C4C=CC=CN4)=C3)cc2)cc([N+](=O)[O-])c1. The molecule has 3 aliphatic heterocycles. The second-order valence-electron chi connectivity index (χ2n) is 8.49. The van der Waals surface area contributed by atoms with Crippen LogP contribution in [0.1, 0.15) is 5.56 Å². The van der Waals surface area contributed by atoms with Crippen LogP contribution in [0.4, 0.5) is 11.4 Å². The van der Waals surface area contributed by atoms with Gasteiger partial charge in [0, 0.05) is 30.1 Å². The molecule has 2 atom stereocenters. The van der Waals surface area contributed by atoms with Crippen LogP contribution < -0.4 is 16.0 Å². The summed E-state index contributed by atoms with van der Waals surface area (Å²) in [5.74, 6) is 0. The van der Waals surface area contributed by atoms with Gasteiger partial charge in [-0.15, -0.1) is 0 Å². The summed E-state index contributed by atoms with van der Waals surface area (Å²) < 4.78 is 0. The van der Waals surface area contributed by atoms with E-state index in [1.54, 1.807) is 0 Å². The van der Waals surface area contributed by atoms with E-state index in [-0.39, 0.29) is 23.5 Å². The van der Waals surface area contributed by atoms with Crippen LogP contribution in [-0.2, 0) is 0 Å². The van der Waals surface area contributed by atoms with Gasteiger partial charge in [0.05, 0.1) is 28.0 Å². The monoisotopic (exact) mass is 481 g/mol. The highest BCUT2D eigenvalue weighted by atomic mass is 16.6. The van der Waals surface area contributed by atoms with Gasteiger partial charge in [0.1, 0.15) is 0 Å². The van der Waals surface area contributed by atoms with E-state index in [0.29, 0.717) is 11.1 Å². The van der Waals surface area contributed by atoms with Gasteiger partial charge in [0.2, 0.25) is 0 Å². The molecule has 180 valence electrons. The highest BCUT2D eigenvalue weighted by molar-refractivity contribution is 5.79. The minimum atomic E-state index is -0.622. The lowest BCUT2D eigenvalue weighted by molar-refractivity contribution is -0.394. The summed E-state index contributed by atoms with van der Waals surface area (Å²) in [5, 5.41) is 32.9. The van der Waals surface area contributed by atoms with E-state index in [1.807, 2.05) is 48.7 Å². The Balaban J connectivity index is 1.49. The Kier molecular flexibility index (Phi) is 6.19.